The lowest BCUT2D eigenvalue weighted by Crippen LogP contribution is -2.45. The number of nitrogens with zero attached hydrogens (tertiary/aromatic N) is 1. The number of carbonyl (C=O) groups excluding carboxylic acids is 1. The number of quaternary nitrogens is 1. The molecule has 3 unspecified atom stereocenters. The summed E-state index contributed by atoms with van der Waals surface area (Å²) >= 11 is 0. The van der Waals surface area contributed by atoms with Crippen LogP contribution in [-0.2, 0) is 18.4 Å². The lowest BCUT2D eigenvalue weighted by molar-refractivity contribution is -0.870. The summed E-state index contributed by atoms with van der Waals surface area (Å²) in [5, 5.41) is 14.0. The van der Waals surface area contributed by atoms with Crippen molar-refractivity contribution in [3.05, 3.63) is 72.9 Å². The van der Waals surface area contributed by atoms with E-state index in [2.05, 4.69) is 79.9 Å². The minimum Gasteiger partial charge on any atom is -0.387 e. The lowest BCUT2D eigenvalue weighted by Gasteiger charge is -2.25. The number of carbonyl (C=O) groups is 1. The fourth-order valence-corrected chi connectivity index (χ4v) is 10.9. The molecule has 3 atom stereocenters. The summed E-state index contributed by atoms with van der Waals surface area (Å²) in [6, 6.07) is -0.872. The van der Waals surface area contributed by atoms with Crippen LogP contribution in [0, 0.1) is 0 Å². The number of allylic oxidation sites excluding steroid dienone is 11. The first kappa shape index (κ1) is 78.9. The van der Waals surface area contributed by atoms with Crippen molar-refractivity contribution < 1.29 is 32.9 Å². The van der Waals surface area contributed by atoms with Crippen LogP contribution in [0.1, 0.15) is 328 Å². The standard InChI is InChI=1S/C72H135N2O6P/c1-6-8-10-12-14-16-18-20-22-24-26-28-29-30-31-32-33-34-35-36-37-38-39-40-41-42-43-44-45-46-48-50-52-54-56-58-60-62-64-66-72(76)73-70(69-80-81(77,78)79-68-67-74(3,4)5)71(75)65-63-61-59-57-55-53-51-49-47-27-25-23-21-19-17-15-13-11-9-7-2/h18,20,24,26,29-30,47,49,55,57,63,65,70-71,75H,6-17,19,21-23,25,27-28,31-46,48,50-54,56,58-62,64,66-69H2,1-5H3,(H-,73,76,77,78)/p+1/b20-18-,26-24-,30-29-,49-47+,57-55+,65-63+. The molecule has 9 heteroatoms. The number of nitrogens with one attached hydrogen (secondary N) is 1. The summed E-state index contributed by atoms with van der Waals surface area (Å²) < 4.78 is 23.8. The van der Waals surface area contributed by atoms with Gasteiger partial charge in [-0.1, -0.05) is 311 Å². The predicted octanol–water partition coefficient (Wildman–Crippen LogP) is 22.2. The van der Waals surface area contributed by atoms with Gasteiger partial charge in [0.05, 0.1) is 39.9 Å². The van der Waals surface area contributed by atoms with E-state index in [1.165, 1.54) is 250 Å². The average molecular weight is 1160 g/mol. The van der Waals surface area contributed by atoms with Crippen molar-refractivity contribution in [2.24, 2.45) is 0 Å². The number of hydrogen-bond donors (Lipinski definition) is 3. The number of aliphatic hydroxyl groups is 1. The molecular weight excluding hydrogens is 1020 g/mol. The van der Waals surface area contributed by atoms with Gasteiger partial charge in [-0.15, -0.1) is 0 Å². The van der Waals surface area contributed by atoms with E-state index in [-0.39, 0.29) is 19.1 Å². The maximum Gasteiger partial charge on any atom is 0.472 e. The van der Waals surface area contributed by atoms with E-state index in [1.54, 1.807) is 6.08 Å². The molecule has 0 aromatic rings. The molecule has 0 radical (unpaired) electrons. The van der Waals surface area contributed by atoms with Gasteiger partial charge in [0.1, 0.15) is 13.2 Å². The van der Waals surface area contributed by atoms with E-state index in [0.29, 0.717) is 17.4 Å². The Morgan fingerprint density at radius 2 is 0.716 bits per heavy atom. The number of hydrogen-bond acceptors (Lipinski definition) is 5. The first-order valence-corrected chi connectivity index (χ1v) is 36.3. The Hall–Kier alpha value is -2.06. The average Bonchev–Trinajstić information content (AvgIpc) is 3.43. The van der Waals surface area contributed by atoms with Gasteiger partial charge in [-0.25, -0.2) is 4.57 Å². The van der Waals surface area contributed by atoms with Crippen molar-refractivity contribution in [1.29, 1.82) is 0 Å². The molecule has 81 heavy (non-hydrogen) atoms. The largest absolute Gasteiger partial charge is 0.472 e. The molecule has 0 aliphatic carbocycles. The van der Waals surface area contributed by atoms with Gasteiger partial charge in [0.15, 0.2) is 0 Å². The van der Waals surface area contributed by atoms with E-state index in [9.17, 15) is 19.4 Å². The van der Waals surface area contributed by atoms with Crippen LogP contribution >= 0.6 is 7.82 Å². The van der Waals surface area contributed by atoms with Crippen molar-refractivity contribution in [1.82, 2.24) is 5.32 Å². The zero-order chi connectivity index (χ0) is 59.1. The predicted molar refractivity (Wildman–Crippen MR) is 355 cm³/mol. The van der Waals surface area contributed by atoms with E-state index in [4.69, 9.17) is 9.05 Å². The molecule has 0 aromatic heterocycles. The monoisotopic (exact) mass is 1160 g/mol. The number of likely N-dealkylation sites (N-methyl/N-ethyl adjacent to an activating group) is 1. The Kier molecular flexibility index (Phi) is 60.9. The molecule has 1 amide bonds. The fraction of sp³-hybridized carbons (Fsp3) is 0.819. The maximum atomic E-state index is 13.0. The van der Waals surface area contributed by atoms with Crippen molar-refractivity contribution in [2.75, 3.05) is 40.9 Å². The second-order valence-electron chi connectivity index (χ2n) is 24.9. The lowest BCUT2D eigenvalue weighted by atomic mass is 10.0. The molecule has 0 aliphatic rings. The molecule has 0 heterocycles. The van der Waals surface area contributed by atoms with E-state index in [1.807, 2.05) is 27.2 Å². The second kappa shape index (κ2) is 62.5. The molecule has 0 rings (SSSR count). The molecule has 0 bridgehead atoms. The van der Waals surface area contributed by atoms with Crippen LogP contribution < -0.4 is 5.32 Å². The minimum atomic E-state index is -4.36. The van der Waals surface area contributed by atoms with E-state index in [0.717, 1.165) is 57.8 Å². The molecule has 474 valence electrons. The zero-order valence-electron chi connectivity index (χ0n) is 54.3. The van der Waals surface area contributed by atoms with Gasteiger partial charge in [0.25, 0.3) is 0 Å². The van der Waals surface area contributed by atoms with Gasteiger partial charge in [0.2, 0.25) is 5.91 Å². The van der Waals surface area contributed by atoms with Crippen molar-refractivity contribution in [2.45, 2.75) is 341 Å². The van der Waals surface area contributed by atoms with Crippen LogP contribution in [0.4, 0.5) is 0 Å². The van der Waals surface area contributed by atoms with Crippen molar-refractivity contribution >= 4 is 13.7 Å². The van der Waals surface area contributed by atoms with Crippen LogP contribution in [0.25, 0.3) is 0 Å². The smallest absolute Gasteiger partial charge is 0.387 e. The van der Waals surface area contributed by atoms with Gasteiger partial charge in [-0.2, -0.15) is 0 Å². The van der Waals surface area contributed by atoms with Gasteiger partial charge >= 0.3 is 7.82 Å². The summed E-state index contributed by atoms with van der Waals surface area (Å²) in [5.41, 5.74) is 0. The van der Waals surface area contributed by atoms with Crippen molar-refractivity contribution in [3.63, 3.8) is 0 Å². The normalized spacial score (nSPS) is 14.1. The molecule has 0 aromatic carbocycles. The SMILES string of the molecule is CCCCCCC/C=C\C/C=C\C/C=C\CCCCCCCCCCCCCCCCCCCCCCCCCCC(=O)NC(COP(=O)(O)OCC[N+](C)(C)C)C(O)/C=C/CC/C=C/CC/C=C/CCCCCCCCCCCC. The molecule has 0 saturated carbocycles. The fourth-order valence-electron chi connectivity index (χ4n) is 10.2. The zero-order valence-corrected chi connectivity index (χ0v) is 55.2. The first-order chi connectivity index (χ1) is 39.5. The van der Waals surface area contributed by atoms with Gasteiger partial charge in [-0.3, -0.25) is 13.8 Å². The maximum absolute atomic E-state index is 13.0. The van der Waals surface area contributed by atoms with E-state index >= 15 is 0 Å². The van der Waals surface area contributed by atoms with Crippen LogP contribution in [0.5, 0.6) is 0 Å². The van der Waals surface area contributed by atoms with Crippen LogP contribution in [0.15, 0.2) is 72.9 Å². The molecule has 0 spiro atoms. The number of amides is 1. The Morgan fingerprint density at radius 1 is 0.420 bits per heavy atom. The van der Waals surface area contributed by atoms with Gasteiger partial charge in [0, 0.05) is 6.42 Å². The molecule has 0 fully saturated rings. The van der Waals surface area contributed by atoms with Crippen molar-refractivity contribution in [3.8, 4) is 0 Å². The Balaban J connectivity index is 3.99. The summed E-state index contributed by atoms with van der Waals surface area (Å²) in [5.74, 6) is -0.187. The third-order valence-electron chi connectivity index (χ3n) is 15.6. The van der Waals surface area contributed by atoms with Crippen LogP contribution in [0.3, 0.4) is 0 Å². The Labute approximate surface area is 504 Å². The highest BCUT2D eigenvalue weighted by Gasteiger charge is 2.28. The van der Waals surface area contributed by atoms with Gasteiger partial charge in [-0.05, 0) is 83.5 Å². The highest BCUT2D eigenvalue weighted by atomic mass is 31.2. The summed E-state index contributed by atoms with van der Waals surface area (Å²) in [4.78, 5) is 23.4. The number of rotatable bonds is 64. The van der Waals surface area contributed by atoms with E-state index < -0.39 is 20.0 Å². The Bertz CT molecular complexity index is 1550. The Morgan fingerprint density at radius 3 is 1.07 bits per heavy atom. The molecule has 8 nitrogen and oxygen atoms in total. The molecule has 3 N–H and O–H groups in total. The summed E-state index contributed by atoms with van der Waals surface area (Å²) in [7, 11) is 1.55. The number of aliphatic hydroxyl groups excluding tert-OH is 1. The van der Waals surface area contributed by atoms with Crippen LogP contribution in [-0.4, -0.2) is 73.4 Å². The third-order valence-corrected chi connectivity index (χ3v) is 16.6. The summed E-state index contributed by atoms with van der Waals surface area (Å²) in [6.45, 7) is 4.80. The molecule has 0 aliphatic heterocycles. The molecule has 0 saturated heterocycles. The van der Waals surface area contributed by atoms with Crippen LogP contribution in [0.2, 0.25) is 0 Å². The highest BCUT2D eigenvalue weighted by molar-refractivity contribution is 7.47. The summed E-state index contributed by atoms with van der Waals surface area (Å²) in [6.07, 6.45) is 87.8. The third kappa shape index (κ3) is 65.3. The topological polar surface area (TPSA) is 105 Å². The number of phosphoric acid groups is 1. The number of unbranched alkanes of at least 4 members (excludes halogenated alkanes) is 41. The number of phosphoric ester groups is 1. The first-order valence-electron chi connectivity index (χ1n) is 34.8. The van der Waals surface area contributed by atoms with Gasteiger partial charge < -0.3 is 19.8 Å². The highest BCUT2D eigenvalue weighted by Crippen LogP contribution is 2.43. The molecular formula is C72H136N2O6P+. The quantitative estimate of drug-likeness (QED) is 0.0243. The minimum absolute atomic E-state index is 0.0533. The second-order valence-corrected chi connectivity index (χ2v) is 26.3.